The summed E-state index contributed by atoms with van der Waals surface area (Å²) in [6, 6.07) is 18.8. The largest absolute Gasteiger partial charge is 0.0613 e. The lowest BCUT2D eigenvalue weighted by Gasteiger charge is -2.22. The van der Waals surface area contributed by atoms with Crippen molar-refractivity contribution in [3.05, 3.63) is 70.8 Å². The predicted octanol–water partition coefficient (Wildman–Crippen LogP) is 7.99. The molecule has 0 bridgehead atoms. The van der Waals surface area contributed by atoms with Crippen molar-refractivity contribution in [2.75, 3.05) is 0 Å². The van der Waals surface area contributed by atoms with Gasteiger partial charge in [-0.3, -0.25) is 0 Å². The van der Waals surface area contributed by atoms with E-state index in [1.54, 1.807) is 0 Å². The molecule has 28 heavy (non-hydrogen) atoms. The molecule has 0 unspecified atom stereocenters. The molecule has 0 amide bonds. The summed E-state index contributed by atoms with van der Waals surface area (Å²) in [6.07, 6.45) is 4.29. The number of rotatable bonds is 4. The molecule has 0 nitrogen and oxygen atoms in total. The van der Waals surface area contributed by atoms with Crippen molar-refractivity contribution in [3.63, 3.8) is 0 Å². The van der Waals surface area contributed by atoms with Crippen LogP contribution in [0.4, 0.5) is 0 Å². The van der Waals surface area contributed by atoms with E-state index in [9.17, 15) is 0 Å². The van der Waals surface area contributed by atoms with Crippen molar-refractivity contribution in [1.29, 1.82) is 0 Å². The highest BCUT2D eigenvalue weighted by atomic mass is 14.2. The van der Waals surface area contributed by atoms with Crippen LogP contribution in [-0.4, -0.2) is 0 Å². The molecule has 0 atom stereocenters. The van der Waals surface area contributed by atoms with Crippen LogP contribution in [0.5, 0.6) is 0 Å². The third-order valence-electron chi connectivity index (χ3n) is 6.74. The molecule has 0 saturated heterocycles. The van der Waals surface area contributed by atoms with Gasteiger partial charge >= 0.3 is 0 Å². The zero-order chi connectivity index (χ0) is 19.4. The number of hydrogen-bond donors (Lipinski definition) is 0. The summed E-state index contributed by atoms with van der Waals surface area (Å²) >= 11 is 0. The van der Waals surface area contributed by atoms with Gasteiger partial charge in [-0.05, 0) is 91.0 Å². The molecule has 0 aliphatic rings. The normalized spacial score (nSPS) is 12.1. The quantitative estimate of drug-likeness (QED) is 0.224. The lowest BCUT2D eigenvalue weighted by atomic mass is 9.81. The first kappa shape index (κ1) is 17.5. The van der Waals surface area contributed by atoms with Crippen LogP contribution < -0.4 is 0 Å². The molecule has 5 rings (SSSR count). The van der Waals surface area contributed by atoms with Gasteiger partial charge in [-0.15, -0.1) is 0 Å². The average Bonchev–Trinajstić information content (AvgIpc) is 2.75. The van der Waals surface area contributed by atoms with E-state index in [0.29, 0.717) is 0 Å². The second-order valence-corrected chi connectivity index (χ2v) is 8.01. The van der Waals surface area contributed by atoms with Gasteiger partial charge in [0.05, 0.1) is 0 Å². The number of fused-ring (bicyclic) bond motifs is 2. The van der Waals surface area contributed by atoms with E-state index in [2.05, 4.69) is 76.2 Å². The summed E-state index contributed by atoms with van der Waals surface area (Å²) in [7, 11) is 0. The molecular formula is C28H28. The molecule has 0 saturated carbocycles. The van der Waals surface area contributed by atoms with Gasteiger partial charge in [-0.25, -0.2) is 0 Å². The van der Waals surface area contributed by atoms with Crippen LogP contribution in [-0.2, 0) is 25.7 Å². The molecule has 0 aromatic heterocycles. The summed E-state index contributed by atoms with van der Waals surface area (Å²) in [5, 5.41) is 11.8. The Bertz CT molecular complexity index is 1140. The number of hydrogen-bond acceptors (Lipinski definition) is 0. The molecule has 0 heterocycles. The minimum Gasteiger partial charge on any atom is -0.0613 e. The first-order chi connectivity index (χ1) is 13.7. The maximum Gasteiger partial charge on any atom is -0.00206 e. The highest BCUT2D eigenvalue weighted by Crippen LogP contribution is 2.45. The van der Waals surface area contributed by atoms with E-state index in [4.69, 9.17) is 0 Å². The monoisotopic (exact) mass is 364 g/mol. The topological polar surface area (TPSA) is 0 Å². The average molecular weight is 365 g/mol. The fourth-order valence-electron chi connectivity index (χ4n) is 5.33. The Morgan fingerprint density at radius 1 is 0.357 bits per heavy atom. The molecule has 0 fully saturated rings. The minimum atomic E-state index is 1.07. The van der Waals surface area contributed by atoms with Crippen LogP contribution in [0.2, 0.25) is 0 Å². The molecule has 5 aromatic carbocycles. The first-order valence-corrected chi connectivity index (χ1v) is 10.9. The van der Waals surface area contributed by atoms with E-state index in [1.807, 2.05) is 0 Å². The van der Waals surface area contributed by atoms with Gasteiger partial charge in [0.15, 0.2) is 0 Å². The second kappa shape index (κ2) is 6.48. The second-order valence-electron chi connectivity index (χ2n) is 8.01. The Hall–Kier alpha value is -2.60. The Kier molecular flexibility index (Phi) is 4.05. The van der Waals surface area contributed by atoms with Crippen molar-refractivity contribution in [1.82, 2.24) is 0 Å². The molecule has 0 aliphatic carbocycles. The van der Waals surface area contributed by atoms with Crippen molar-refractivity contribution < 1.29 is 0 Å². The maximum atomic E-state index is 2.36. The van der Waals surface area contributed by atoms with Crippen LogP contribution in [0.15, 0.2) is 48.5 Å². The highest BCUT2D eigenvalue weighted by Gasteiger charge is 2.20. The van der Waals surface area contributed by atoms with Gasteiger partial charge < -0.3 is 0 Å². The maximum absolute atomic E-state index is 2.36. The fraction of sp³-hybridized carbons (Fsp3) is 0.286. The Morgan fingerprint density at radius 2 is 0.607 bits per heavy atom. The molecule has 0 radical (unpaired) electrons. The molecule has 140 valence electrons. The van der Waals surface area contributed by atoms with Crippen molar-refractivity contribution in [2.24, 2.45) is 0 Å². The highest BCUT2D eigenvalue weighted by molar-refractivity contribution is 6.35. The lowest BCUT2D eigenvalue weighted by Crippen LogP contribution is -1.98. The van der Waals surface area contributed by atoms with Crippen molar-refractivity contribution in [2.45, 2.75) is 53.4 Å². The Balaban J connectivity index is 2.28. The smallest absolute Gasteiger partial charge is 0.00206 e. The van der Waals surface area contributed by atoms with Crippen molar-refractivity contribution >= 4 is 43.1 Å². The zero-order valence-corrected chi connectivity index (χ0v) is 17.4. The van der Waals surface area contributed by atoms with E-state index in [-0.39, 0.29) is 0 Å². The zero-order valence-electron chi connectivity index (χ0n) is 17.4. The van der Waals surface area contributed by atoms with Crippen LogP contribution in [0.1, 0.15) is 49.9 Å². The standard InChI is InChI=1S/C28H28/c1-5-17-9-13-21-14-11-19(7-3)25-26-20(8-4)12-16-22-15-10-18(6-2)24(28(22)26)23(17)27(21)25/h9-16H,5-8H2,1-4H3. The van der Waals surface area contributed by atoms with Crippen LogP contribution in [0, 0.1) is 0 Å². The third kappa shape index (κ3) is 2.18. The van der Waals surface area contributed by atoms with Crippen LogP contribution in [0.25, 0.3) is 43.1 Å². The van der Waals surface area contributed by atoms with Crippen LogP contribution >= 0.6 is 0 Å². The first-order valence-electron chi connectivity index (χ1n) is 10.9. The molecular weight excluding hydrogens is 336 g/mol. The predicted molar refractivity (Wildman–Crippen MR) is 125 cm³/mol. The van der Waals surface area contributed by atoms with Crippen molar-refractivity contribution in [3.8, 4) is 0 Å². The minimum absolute atomic E-state index is 1.07. The number of aryl methyl sites for hydroxylation is 4. The molecule has 0 heteroatoms. The summed E-state index contributed by atoms with van der Waals surface area (Å²) in [6.45, 7) is 9.19. The van der Waals surface area contributed by atoms with Gasteiger partial charge in [-0.1, -0.05) is 76.2 Å². The molecule has 0 N–H and O–H groups in total. The fourth-order valence-corrected chi connectivity index (χ4v) is 5.33. The lowest BCUT2D eigenvalue weighted by molar-refractivity contribution is 1.14. The summed E-state index contributed by atoms with van der Waals surface area (Å²) < 4.78 is 0. The van der Waals surface area contributed by atoms with E-state index >= 15 is 0 Å². The SMILES string of the molecule is CCc1ccc2ccc(CC)c3c4c(CC)ccc5ccc(CC)c(c1c23)c54. The summed E-state index contributed by atoms with van der Waals surface area (Å²) in [5.41, 5.74) is 5.93. The van der Waals surface area contributed by atoms with Crippen LogP contribution in [0.3, 0.4) is 0 Å². The molecule has 0 spiro atoms. The van der Waals surface area contributed by atoms with E-state index in [0.717, 1.165) is 25.7 Å². The van der Waals surface area contributed by atoms with Gasteiger partial charge in [0.1, 0.15) is 0 Å². The summed E-state index contributed by atoms with van der Waals surface area (Å²) in [5.74, 6) is 0. The molecule has 5 aromatic rings. The third-order valence-corrected chi connectivity index (χ3v) is 6.74. The van der Waals surface area contributed by atoms with Gasteiger partial charge in [0, 0.05) is 0 Å². The van der Waals surface area contributed by atoms with Gasteiger partial charge in [0.25, 0.3) is 0 Å². The Labute approximate surface area is 167 Å². The van der Waals surface area contributed by atoms with Gasteiger partial charge in [0.2, 0.25) is 0 Å². The Morgan fingerprint density at radius 3 is 0.821 bits per heavy atom. The number of benzene rings is 5. The molecule has 0 aliphatic heterocycles. The summed E-state index contributed by atoms with van der Waals surface area (Å²) in [4.78, 5) is 0. The van der Waals surface area contributed by atoms with Gasteiger partial charge in [-0.2, -0.15) is 0 Å². The van der Waals surface area contributed by atoms with E-state index < -0.39 is 0 Å². The van der Waals surface area contributed by atoms with E-state index in [1.165, 1.54) is 65.3 Å².